The molecule has 1 aromatic carbocycles. The van der Waals surface area contributed by atoms with E-state index in [4.69, 9.17) is 5.11 Å². The number of carbonyl (C=O) groups excluding carboxylic acids is 1. The predicted molar refractivity (Wildman–Crippen MR) is 73.2 cm³/mol. The lowest BCUT2D eigenvalue weighted by Crippen LogP contribution is -2.14. The first-order chi connectivity index (χ1) is 9.47. The zero-order valence-corrected chi connectivity index (χ0v) is 11.5. The number of hydrogen-bond acceptors (Lipinski definition) is 3. The van der Waals surface area contributed by atoms with Gasteiger partial charge in [-0.3, -0.25) is 9.78 Å². The van der Waals surface area contributed by atoms with Gasteiger partial charge in [-0.25, -0.2) is 9.18 Å². The predicted octanol–water partition coefficient (Wildman–Crippen LogP) is 2.93. The Bertz CT molecular complexity index is 674. The first kappa shape index (κ1) is 14.1. The molecule has 0 unspecified atom stereocenters. The lowest BCUT2D eigenvalue weighted by atomic mass is 10.2. The number of halogens is 2. The molecule has 1 amide bonds. The molecule has 0 saturated heterocycles. The highest BCUT2D eigenvalue weighted by atomic mass is 79.9. The van der Waals surface area contributed by atoms with Crippen LogP contribution in [0.3, 0.4) is 0 Å². The van der Waals surface area contributed by atoms with Crippen molar-refractivity contribution in [3.05, 3.63) is 58.1 Å². The normalized spacial score (nSPS) is 10.1. The number of aromatic nitrogens is 1. The number of carboxylic acid groups (broad SMARTS) is 1. The van der Waals surface area contributed by atoms with Gasteiger partial charge < -0.3 is 10.4 Å². The number of pyridine rings is 1. The molecule has 0 aliphatic heterocycles. The molecule has 1 heterocycles. The standard InChI is InChI=1S/C13H8BrFN2O3/c14-9-3-2-8(5-10(9)15)17-12(18)11-4-1-7(6-16-11)13(19)20/h1-6H,(H,17,18)(H,19,20). The molecule has 0 fully saturated rings. The highest BCUT2D eigenvalue weighted by Gasteiger charge is 2.10. The van der Waals surface area contributed by atoms with E-state index in [2.05, 4.69) is 26.2 Å². The minimum Gasteiger partial charge on any atom is -0.478 e. The van der Waals surface area contributed by atoms with Crippen molar-refractivity contribution in [2.45, 2.75) is 0 Å². The number of hydrogen-bond donors (Lipinski definition) is 2. The van der Waals surface area contributed by atoms with Gasteiger partial charge in [0.1, 0.15) is 11.5 Å². The van der Waals surface area contributed by atoms with Crippen molar-refractivity contribution in [2.75, 3.05) is 5.32 Å². The zero-order valence-electron chi connectivity index (χ0n) is 9.93. The molecule has 0 radical (unpaired) electrons. The topological polar surface area (TPSA) is 79.3 Å². The fourth-order valence-corrected chi connectivity index (χ4v) is 1.67. The second-order valence-corrected chi connectivity index (χ2v) is 4.67. The van der Waals surface area contributed by atoms with E-state index in [-0.39, 0.29) is 16.9 Å². The fraction of sp³-hybridized carbons (Fsp3) is 0. The molecule has 0 bridgehead atoms. The van der Waals surface area contributed by atoms with Crippen molar-refractivity contribution in [3.8, 4) is 0 Å². The van der Waals surface area contributed by atoms with Crippen molar-refractivity contribution in [3.63, 3.8) is 0 Å². The van der Waals surface area contributed by atoms with Gasteiger partial charge in [0.25, 0.3) is 5.91 Å². The maximum Gasteiger partial charge on any atom is 0.337 e. The monoisotopic (exact) mass is 338 g/mol. The van der Waals surface area contributed by atoms with Gasteiger partial charge in [0.15, 0.2) is 0 Å². The van der Waals surface area contributed by atoms with Crippen molar-refractivity contribution < 1.29 is 19.1 Å². The fourth-order valence-electron chi connectivity index (χ4n) is 1.42. The average Bonchev–Trinajstić information content (AvgIpc) is 2.43. The molecule has 102 valence electrons. The summed E-state index contributed by atoms with van der Waals surface area (Å²) in [6.45, 7) is 0. The van der Waals surface area contributed by atoms with Crippen LogP contribution in [0.25, 0.3) is 0 Å². The lowest BCUT2D eigenvalue weighted by Gasteiger charge is -2.05. The van der Waals surface area contributed by atoms with Crippen LogP contribution >= 0.6 is 15.9 Å². The van der Waals surface area contributed by atoms with Gasteiger partial charge in [-0.05, 0) is 46.3 Å². The zero-order chi connectivity index (χ0) is 14.7. The summed E-state index contributed by atoms with van der Waals surface area (Å²) in [5.74, 6) is -2.18. The molecule has 0 spiro atoms. The highest BCUT2D eigenvalue weighted by molar-refractivity contribution is 9.10. The number of aromatic carboxylic acids is 1. The van der Waals surface area contributed by atoms with Crippen LogP contribution in [0.5, 0.6) is 0 Å². The summed E-state index contributed by atoms with van der Waals surface area (Å²) in [6, 6.07) is 6.70. The van der Waals surface area contributed by atoms with Crippen LogP contribution in [0.2, 0.25) is 0 Å². The van der Waals surface area contributed by atoms with E-state index in [0.717, 1.165) is 12.3 Å². The van der Waals surface area contributed by atoms with Gasteiger partial charge in [0.05, 0.1) is 10.0 Å². The third kappa shape index (κ3) is 3.18. The van der Waals surface area contributed by atoms with E-state index in [1.54, 1.807) is 0 Å². The number of anilines is 1. The summed E-state index contributed by atoms with van der Waals surface area (Å²) in [4.78, 5) is 26.2. The molecule has 2 aromatic rings. The quantitative estimate of drug-likeness (QED) is 0.901. The SMILES string of the molecule is O=C(O)c1ccc(C(=O)Nc2ccc(Br)c(F)c2)nc1. The van der Waals surface area contributed by atoms with Crippen LogP contribution in [0.15, 0.2) is 41.0 Å². The molecule has 2 N–H and O–H groups in total. The number of carboxylic acids is 1. The minimum atomic E-state index is -1.13. The highest BCUT2D eigenvalue weighted by Crippen LogP contribution is 2.19. The molecule has 0 saturated carbocycles. The third-order valence-electron chi connectivity index (χ3n) is 2.42. The maximum absolute atomic E-state index is 13.3. The van der Waals surface area contributed by atoms with E-state index in [1.807, 2.05) is 0 Å². The number of nitrogens with one attached hydrogen (secondary N) is 1. The number of carbonyl (C=O) groups is 2. The molecule has 0 atom stereocenters. The van der Waals surface area contributed by atoms with Crippen LogP contribution in [0.1, 0.15) is 20.8 Å². The summed E-state index contributed by atoms with van der Waals surface area (Å²) < 4.78 is 13.6. The largest absolute Gasteiger partial charge is 0.478 e. The van der Waals surface area contributed by atoms with E-state index < -0.39 is 17.7 Å². The van der Waals surface area contributed by atoms with Crippen molar-refractivity contribution in [2.24, 2.45) is 0 Å². The third-order valence-corrected chi connectivity index (χ3v) is 3.06. The van der Waals surface area contributed by atoms with Gasteiger partial charge in [-0.15, -0.1) is 0 Å². The lowest BCUT2D eigenvalue weighted by molar-refractivity contribution is 0.0696. The Balaban J connectivity index is 2.15. The van der Waals surface area contributed by atoms with Crippen molar-refractivity contribution in [1.29, 1.82) is 0 Å². The Morgan fingerprint density at radius 3 is 2.55 bits per heavy atom. The molecule has 5 nitrogen and oxygen atoms in total. The second-order valence-electron chi connectivity index (χ2n) is 3.82. The number of nitrogens with zero attached hydrogens (tertiary/aromatic N) is 1. The van der Waals surface area contributed by atoms with E-state index in [1.165, 1.54) is 24.3 Å². The second kappa shape index (κ2) is 5.79. The minimum absolute atomic E-state index is 0.0174. The Morgan fingerprint density at radius 1 is 1.25 bits per heavy atom. The smallest absolute Gasteiger partial charge is 0.337 e. The molecular weight excluding hydrogens is 331 g/mol. The summed E-state index contributed by atoms with van der Waals surface area (Å²) in [5.41, 5.74) is 0.300. The summed E-state index contributed by atoms with van der Waals surface area (Å²) in [7, 11) is 0. The molecule has 0 aliphatic carbocycles. The van der Waals surface area contributed by atoms with Gasteiger partial charge in [0.2, 0.25) is 0 Å². The molecule has 20 heavy (non-hydrogen) atoms. The van der Waals surface area contributed by atoms with Gasteiger partial charge in [0, 0.05) is 11.9 Å². The van der Waals surface area contributed by atoms with Crippen LogP contribution in [0.4, 0.5) is 10.1 Å². The maximum atomic E-state index is 13.3. The van der Waals surface area contributed by atoms with Crippen LogP contribution in [-0.4, -0.2) is 22.0 Å². The Hall–Kier alpha value is -2.28. The molecule has 0 aliphatic rings. The summed E-state index contributed by atoms with van der Waals surface area (Å²) in [6.07, 6.45) is 1.08. The van der Waals surface area contributed by atoms with E-state index in [0.29, 0.717) is 4.47 Å². The number of rotatable bonds is 3. The molecule has 2 rings (SSSR count). The first-order valence-corrected chi connectivity index (χ1v) is 6.22. The number of amides is 1. The Morgan fingerprint density at radius 2 is 2.00 bits per heavy atom. The van der Waals surface area contributed by atoms with E-state index in [9.17, 15) is 14.0 Å². The van der Waals surface area contributed by atoms with Crippen LogP contribution in [0, 0.1) is 5.82 Å². The van der Waals surface area contributed by atoms with Crippen LogP contribution < -0.4 is 5.32 Å². The molecular formula is C13H8BrFN2O3. The van der Waals surface area contributed by atoms with Gasteiger partial charge >= 0.3 is 5.97 Å². The molecule has 1 aromatic heterocycles. The molecule has 7 heteroatoms. The van der Waals surface area contributed by atoms with Crippen molar-refractivity contribution in [1.82, 2.24) is 4.98 Å². The van der Waals surface area contributed by atoms with Crippen molar-refractivity contribution >= 4 is 33.5 Å². The first-order valence-electron chi connectivity index (χ1n) is 5.43. The Kier molecular flexibility index (Phi) is 4.09. The number of benzene rings is 1. The van der Waals surface area contributed by atoms with Gasteiger partial charge in [-0.1, -0.05) is 0 Å². The summed E-state index contributed by atoms with van der Waals surface area (Å²) in [5, 5.41) is 11.2. The van der Waals surface area contributed by atoms with Gasteiger partial charge in [-0.2, -0.15) is 0 Å². The Labute approximate surface area is 121 Å². The summed E-state index contributed by atoms with van der Waals surface area (Å²) >= 11 is 3.01. The van der Waals surface area contributed by atoms with E-state index >= 15 is 0 Å². The average molecular weight is 339 g/mol. The van der Waals surface area contributed by atoms with Crippen LogP contribution in [-0.2, 0) is 0 Å².